The van der Waals surface area contributed by atoms with Crippen LogP contribution in [0.25, 0.3) is 0 Å². The highest BCUT2D eigenvalue weighted by Gasteiger charge is 2.13. The fourth-order valence-corrected chi connectivity index (χ4v) is 2.73. The molecule has 2 N–H and O–H groups in total. The molecule has 0 radical (unpaired) electrons. The number of hydrogen-bond donors (Lipinski definition) is 2. The smallest absolute Gasteiger partial charge is 0.317 e. The molecule has 1 aromatic carbocycles. The Labute approximate surface area is 138 Å². The van der Waals surface area contributed by atoms with Crippen molar-refractivity contribution >= 4 is 17.8 Å². The Morgan fingerprint density at radius 2 is 1.95 bits per heavy atom. The molecule has 0 fully saturated rings. The summed E-state index contributed by atoms with van der Waals surface area (Å²) in [6.07, 6.45) is -0.00194. The fourth-order valence-electron chi connectivity index (χ4n) is 1.91. The topological polar surface area (TPSA) is 52.6 Å². The lowest BCUT2D eigenvalue weighted by Crippen LogP contribution is -2.39. The number of benzene rings is 1. The van der Waals surface area contributed by atoms with Crippen LogP contribution >= 0.6 is 11.8 Å². The van der Waals surface area contributed by atoms with Gasteiger partial charge in [0.25, 0.3) is 0 Å². The largest absolute Gasteiger partial charge is 0.388 e. The number of carbonyl (C=O) groups is 1. The minimum Gasteiger partial charge on any atom is -0.388 e. The van der Waals surface area contributed by atoms with Crippen molar-refractivity contribution in [3.63, 3.8) is 0 Å². The van der Waals surface area contributed by atoms with Gasteiger partial charge in [-0.05, 0) is 12.0 Å². The highest BCUT2D eigenvalue weighted by Crippen LogP contribution is 2.22. The van der Waals surface area contributed by atoms with Gasteiger partial charge in [-0.2, -0.15) is 11.8 Å². The Morgan fingerprint density at radius 1 is 1.32 bits per heavy atom. The van der Waals surface area contributed by atoms with Gasteiger partial charge in [0, 0.05) is 30.6 Å². The summed E-state index contributed by atoms with van der Waals surface area (Å²) in [6, 6.07) is 9.44. The molecule has 0 unspecified atom stereocenters. The van der Waals surface area contributed by atoms with Gasteiger partial charge >= 0.3 is 6.03 Å². The first kappa shape index (κ1) is 18.8. The Kier molecular flexibility index (Phi) is 7.76. The maximum absolute atomic E-state index is 11.9. The third-order valence-corrected chi connectivity index (χ3v) is 4.46. The van der Waals surface area contributed by atoms with Crippen LogP contribution in [-0.4, -0.2) is 46.7 Å². The zero-order chi connectivity index (χ0) is 16.6. The lowest BCUT2D eigenvalue weighted by Gasteiger charge is -2.21. The molecule has 0 spiro atoms. The zero-order valence-corrected chi connectivity index (χ0v) is 14.8. The number of aliphatic hydroxyl groups is 1. The molecule has 1 aromatic rings. The monoisotopic (exact) mass is 324 g/mol. The number of rotatable bonds is 7. The van der Waals surface area contributed by atoms with Crippen molar-refractivity contribution in [1.82, 2.24) is 10.2 Å². The summed E-state index contributed by atoms with van der Waals surface area (Å²) in [5.41, 5.74) is 0.887. The van der Waals surface area contributed by atoms with Crippen molar-refractivity contribution in [2.75, 3.05) is 25.9 Å². The van der Waals surface area contributed by atoms with Crippen molar-refractivity contribution in [2.45, 2.75) is 38.0 Å². The van der Waals surface area contributed by atoms with Gasteiger partial charge < -0.3 is 15.3 Å². The molecule has 0 aliphatic carbocycles. The lowest BCUT2D eigenvalue weighted by molar-refractivity contribution is 0.150. The van der Waals surface area contributed by atoms with Crippen molar-refractivity contribution in [2.24, 2.45) is 0 Å². The molecule has 0 aliphatic rings. The predicted molar refractivity (Wildman–Crippen MR) is 94.3 cm³/mol. The van der Waals surface area contributed by atoms with Crippen LogP contribution in [0.3, 0.4) is 0 Å². The van der Waals surface area contributed by atoms with E-state index in [-0.39, 0.29) is 10.8 Å². The first-order valence-electron chi connectivity index (χ1n) is 7.65. The minimum absolute atomic E-state index is 0.0882. The van der Waals surface area contributed by atoms with Gasteiger partial charge in [-0.1, -0.05) is 51.1 Å². The summed E-state index contributed by atoms with van der Waals surface area (Å²) in [4.78, 5) is 13.6. The number of amides is 2. The highest BCUT2D eigenvalue weighted by molar-refractivity contribution is 8.00. The maximum Gasteiger partial charge on any atom is 0.317 e. The van der Waals surface area contributed by atoms with Crippen LogP contribution in [0, 0.1) is 0 Å². The Balaban J connectivity index is 2.24. The SMILES string of the molecule is CN(CC[C@@H](O)c1ccccc1)C(=O)NCCSC(C)(C)C. The van der Waals surface area contributed by atoms with E-state index < -0.39 is 6.10 Å². The molecule has 0 saturated heterocycles. The van der Waals surface area contributed by atoms with Crippen LogP contribution < -0.4 is 5.32 Å². The second-order valence-electron chi connectivity index (χ2n) is 6.33. The molecular weight excluding hydrogens is 296 g/mol. The fraction of sp³-hybridized carbons (Fsp3) is 0.588. The van der Waals surface area contributed by atoms with Crippen molar-refractivity contribution < 1.29 is 9.90 Å². The van der Waals surface area contributed by atoms with E-state index in [1.807, 2.05) is 42.1 Å². The van der Waals surface area contributed by atoms with E-state index in [0.29, 0.717) is 19.5 Å². The van der Waals surface area contributed by atoms with Gasteiger partial charge in [-0.3, -0.25) is 0 Å². The number of hydrogen-bond acceptors (Lipinski definition) is 3. The molecule has 0 bridgehead atoms. The highest BCUT2D eigenvalue weighted by atomic mass is 32.2. The first-order chi connectivity index (χ1) is 10.3. The first-order valence-corrected chi connectivity index (χ1v) is 8.64. The number of carbonyl (C=O) groups excluding carboxylic acids is 1. The van der Waals surface area contributed by atoms with Crippen LogP contribution in [0.4, 0.5) is 4.79 Å². The second kappa shape index (κ2) is 9.06. The van der Waals surface area contributed by atoms with Gasteiger partial charge in [-0.15, -0.1) is 0 Å². The number of thioether (sulfide) groups is 1. The van der Waals surface area contributed by atoms with Gasteiger partial charge in [0.05, 0.1) is 6.10 Å². The van der Waals surface area contributed by atoms with Crippen LogP contribution in [0.2, 0.25) is 0 Å². The van der Waals surface area contributed by atoms with Gasteiger partial charge in [0.15, 0.2) is 0 Å². The van der Waals surface area contributed by atoms with E-state index in [1.54, 1.807) is 11.9 Å². The molecule has 0 heterocycles. The van der Waals surface area contributed by atoms with Crippen LogP contribution in [0.5, 0.6) is 0 Å². The molecule has 2 amide bonds. The van der Waals surface area contributed by atoms with Crippen molar-refractivity contribution in [1.29, 1.82) is 0 Å². The average Bonchev–Trinajstić information content (AvgIpc) is 2.48. The molecule has 5 heteroatoms. The number of urea groups is 1. The standard InChI is InChI=1S/C17H28N2O2S/c1-17(2,3)22-13-11-18-16(21)19(4)12-10-15(20)14-8-6-5-7-9-14/h5-9,15,20H,10-13H2,1-4H3,(H,18,21)/t15-/m1/s1. The molecular formula is C17H28N2O2S. The molecule has 4 nitrogen and oxygen atoms in total. The zero-order valence-electron chi connectivity index (χ0n) is 14.0. The summed E-state index contributed by atoms with van der Waals surface area (Å²) >= 11 is 1.83. The van der Waals surface area contributed by atoms with E-state index in [2.05, 4.69) is 26.1 Å². The maximum atomic E-state index is 11.9. The summed E-state index contributed by atoms with van der Waals surface area (Å²) in [7, 11) is 1.75. The normalized spacial score (nSPS) is 12.8. The number of nitrogens with zero attached hydrogens (tertiary/aromatic N) is 1. The van der Waals surface area contributed by atoms with Gasteiger partial charge in [0.1, 0.15) is 0 Å². The summed E-state index contributed by atoms with van der Waals surface area (Å²) in [6.45, 7) is 7.67. The molecule has 0 aromatic heterocycles. The minimum atomic E-state index is -0.534. The molecule has 0 aliphatic heterocycles. The molecule has 22 heavy (non-hydrogen) atoms. The van der Waals surface area contributed by atoms with Crippen molar-refractivity contribution in [3.8, 4) is 0 Å². The number of aliphatic hydroxyl groups excluding tert-OH is 1. The molecule has 0 saturated carbocycles. The van der Waals surface area contributed by atoms with Gasteiger partial charge in [-0.25, -0.2) is 4.79 Å². The second-order valence-corrected chi connectivity index (χ2v) is 8.25. The Morgan fingerprint density at radius 3 is 2.55 bits per heavy atom. The third-order valence-electron chi connectivity index (χ3n) is 3.18. The third kappa shape index (κ3) is 7.71. The Hall–Kier alpha value is -1.20. The van der Waals surface area contributed by atoms with E-state index >= 15 is 0 Å². The molecule has 1 atom stereocenters. The average molecular weight is 324 g/mol. The Bertz CT molecular complexity index is 446. The number of nitrogens with one attached hydrogen (secondary N) is 1. The van der Waals surface area contributed by atoms with Gasteiger partial charge in [0.2, 0.25) is 0 Å². The van der Waals surface area contributed by atoms with E-state index in [0.717, 1.165) is 11.3 Å². The van der Waals surface area contributed by atoms with E-state index in [4.69, 9.17) is 0 Å². The van der Waals surface area contributed by atoms with Crippen LogP contribution in [0.1, 0.15) is 38.9 Å². The summed E-state index contributed by atoms with van der Waals surface area (Å²) in [5, 5.41) is 13.0. The van der Waals surface area contributed by atoms with E-state index in [9.17, 15) is 9.90 Å². The molecule has 1 rings (SSSR count). The molecule has 124 valence electrons. The van der Waals surface area contributed by atoms with Crippen molar-refractivity contribution in [3.05, 3.63) is 35.9 Å². The lowest BCUT2D eigenvalue weighted by atomic mass is 10.1. The predicted octanol–water partition coefficient (Wildman–Crippen LogP) is 3.28. The van der Waals surface area contributed by atoms with Crippen LogP contribution in [-0.2, 0) is 0 Å². The summed E-state index contributed by atoms with van der Waals surface area (Å²) < 4.78 is 0.219. The summed E-state index contributed by atoms with van der Waals surface area (Å²) in [5.74, 6) is 0.899. The van der Waals surface area contributed by atoms with Crippen LogP contribution in [0.15, 0.2) is 30.3 Å². The quantitative estimate of drug-likeness (QED) is 0.757. The van der Waals surface area contributed by atoms with E-state index in [1.165, 1.54) is 0 Å².